The van der Waals surface area contributed by atoms with Gasteiger partial charge >= 0.3 is 0 Å². The second kappa shape index (κ2) is 2.74. The van der Waals surface area contributed by atoms with Crippen molar-refractivity contribution in [3.8, 4) is 11.8 Å². The van der Waals surface area contributed by atoms with Crippen molar-refractivity contribution in [2.24, 2.45) is 0 Å². The van der Waals surface area contributed by atoms with Crippen LogP contribution in [0.25, 0.3) is 0 Å². The van der Waals surface area contributed by atoms with Gasteiger partial charge in [0.1, 0.15) is 0 Å². The van der Waals surface area contributed by atoms with E-state index in [9.17, 15) is 0 Å². The molecule has 1 aliphatic heterocycles. The highest BCUT2D eigenvalue weighted by Crippen LogP contribution is 2.12. The molecule has 1 nitrogen and oxygen atoms in total. The Bertz CT molecular complexity index is 114. The lowest BCUT2D eigenvalue weighted by molar-refractivity contribution is -0.0255. The lowest BCUT2D eigenvalue weighted by Gasteiger charge is -2.23. The third-order valence-corrected chi connectivity index (χ3v) is 1.15. The predicted octanol–water partition coefficient (Wildman–Crippen LogP) is 1.00. The van der Waals surface area contributed by atoms with E-state index in [0.717, 1.165) is 13.0 Å². The van der Waals surface area contributed by atoms with Crippen molar-refractivity contribution in [2.75, 3.05) is 6.61 Å². The third kappa shape index (κ3) is 1.24. The van der Waals surface area contributed by atoms with Crippen LogP contribution >= 0.6 is 0 Å². The van der Waals surface area contributed by atoms with Gasteiger partial charge in [0.15, 0.2) is 0 Å². The molecule has 1 heterocycles. The molecule has 1 atom stereocenters. The maximum atomic E-state index is 5.07. The van der Waals surface area contributed by atoms with Gasteiger partial charge in [-0.25, -0.2) is 0 Å². The molecule has 1 radical (unpaired) electrons. The summed E-state index contributed by atoms with van der Waals surface area (Å²) in [5.41, 5.74) is 0. The lowest BCUT2D eigenvalue weighted by atomic mass is 10.1. The highest BCUT2D eigenvalue weighted by atomic mass is 16.5. The molecule has 0 bridgehead atoms. The standard InChI is InChI=1S/C7H9O/c1-2-3-4-7-5-6-8-7/h4,7H,5-6H2,1H3. The molecule has 8 heavy (non-hydrogen) atoms. The summed E-state index contributed by atoms with van der Waals surface area (Å²) < 4.78 is 5.07. The van der Waals surface area contributed by atoms with Crippen LogP contribution in [0.15, 0.2) is 0 Å². The van der Waals surface area contributed by atoms with Crippen molar-refractivity contribution in [1.29, 1.82) is 0 Å². The van der Waals surface area contributed by atoms with Crippen molar-refractivity contribution in [3.63, 3.8) is 0 Å². The molecule has 1 unspecified atom stereocenters. The number of hydrogen-bond acceptors (Lipinski definition) is 1. The molecule has 0 aromatic rings. The highest BCUT2D eigenvalue weighted by molar-refractivity contribution is 5.11. The number of ether oxygens (including phenoxy) is 1. The fraction of sp³-hybridized carbons (Fsp3) is 0.571. The van der Waals surface area contributed by atoms with Gasteiger partial charge < -0.3 is 4.74 Å². The highest BCUT2D eigenvalue weighted by Gasteiger charge is 2.15. The maximum absolute atomic E-state index is 5.07. The van der Waals surface area contributed by atoms with E-state index >= 15 is 0 Å². The van der Waals surface area contributed by atoms with Crippen LogP contribution in [0.2, 0.25) is 0 Å². The molecule has 1 fully saturated rings. The Balaban J connectivity index is 2.07. The molecule has 1 saturated heterocycles. The molecular formula is C7H9O. The molecular weight excluding hydrogens is 100 g/mol. The van der Waals surface area contributed by atoms with Crippen LogP contribution in [0, 0.1) is 18.3 Å². The first-order chi connectivity index (χ1) is 3.93. The fourth-order valence-corrected chi connectivity index (χ4v) is 0.562. The quantitative estimate of drug-likeness (QED) is 0.456. The van der Waals surface area contributed by atoms with E-state index in [0.29, 0.717) is 6.10 Å². The topological polar surface area (TPSA) is 9.23 Å². The van der Waals surface area contributed by atoms with E-state index < -0.39 is 0 Å². The zero-order chi connectivity index (χ0) is 5.82. The van der Waals surface area contributed by atoms with E-state index in [-0.39, 0.29) is 0 Å². The molecule has 0 spiro atoms. The van der Waals surface area contributed by atoms with Gasteiger partial charge in [-0.3, -0.25) is 0 Å². The van der Waals surface area contributed by atoms with Gasteiger partial charge in [0.2, 0.25) is 0 Å². The smallest absolute Gasteiger partial charge is 0.0747 e. The summed E-state index contributed by atoms with van der Waals surface area (Å²) in [5, 5.41) is 0. The van der Waals surface area contributed by atoms with Gasteiger partial charge in [-0.15, -0.1) is 5.92 Å². The average molecular weight is 109 g/mol. The monoisotopic (exact) mass is 109 g/mol. The van der Waals surface area contributed by atoms with Gasteiger partial charge in [-0.1, -0.05) is 5.92 Å². The molecule has 0 saturated carbocycles. The van der Waals surface area contributed by atoms with Crippen molar-refractivity contribution >= 4 is 0 Å². The van der Waals surface area contributed by atoms with Crippen LogP contribution in [0.4, 0.5) is 0 Å². The Kier molecular flexibility index (Phi) is 1.93. The zero-order valence-corrected chi connectivity index (χ0v) is 4.98. The summed E-state index contributed by atoms with van der Waals surface area (Å²) in [6.07, 6.45) is 3.39. The summed E-state index contributed by atoms with van der Waals surface area (Å²) in [6, 6.07) is 0. The Morgan fingerprint density at radius 3 is 2.88 bits per heavy atom. The van der Waals surface area contributed by atoms with Crippen LogP contribution in [-0.4, -0.2) is 12.7 Å². The molecule has 0 aliphatic carbocycles. The summed E-state index contributed by atoms with van der Waals surface area (Å²) in [5.74, 6) is 5.63. The first kappa shape index (κ1) is 5.65. The second-order valence-electron chi connectivity index (χ2n) is 1.76. The Labute approximate surface area is 50.0 Å². The van der Waals surface area contributed by atoms with Crippen LogP contribution in [0.5, 0.6) is 0 Å². The number of rotatable bonds is 1. The normalized spacial score (nSPS) is 25.4. The van der Waals surface area contributed by atoms with Gasteiger partial charge in [-0.2, -0.15) is 0 Å². The van der Waals surface area contributed by atoms with Crippen LogP contribution < -0.4 is 0 Å². The van der Waals surface area contributed by atoms with E-state index in [4.69, 9.17) is 4.74 Å². The van der Waals surface area contributed by atoms with E-state index in [1.54, 1.807) is 0 Å². The van der Waals surface area contributed by atoms with Crippen LogP contribution in [-0.2, 0) is 4.74 Å². The van der Waals surface area contributed by atoms with Crippen molar-refractivity contribution < 1.29 is 4.74 Å². The van der Waals surface area contributed by atoms with Crippen molar-refractivity contribution in [3.05, 3.63) is 6.42 Å². The van der Waals surface area contributed by atoms with E-state index in [1.165, 1.54) is 0 Å². The average Bonchev–Trinajstić information content (AvgIpc) is 1.63. The Morgan fingerprint density at radius 2 is 2.50 bits per heavy atom. The first-order valence-electron chi connectivity index (χ1n) is 2.80. The van der Waals surface area contributed by atoms with E-state index in [1.807, 2.05) is 13.3 Å². The van der Waals surface area contributed by atoms with E-state index in [2.05, 4.69) is 11.8 Å². The zero-order valence-electron chi connectivity index (χ0n) is 4.98. The summed E-state index contributed by atoms with van der Waals surface area (Å²) in [7, 11) is 0. The molecule has 43 valence electrons. The minimum absolute atomic E-state index is 0.336. The molecule has 0 aromatic carbocycles. The second-order valence-corrected chi connectivity index (χ2v) is 1.76. The maximum Gasteiger partial charge on any atom is 0.0747 e. The minimum Gasteiger partial charge on any atom is -0.377 e. The molecule has 1 aliphatic rings. The predicted molar refractivity (Wildman–Crippen MR) is 32.1 cm³/mol. The van der Waals surface area contributed by atoms with Gasteiger partial charge in [-0.05, 0) is 13.3 Å². The molecule has 0 aromatic heterocycles. The SMILES string of the molecule is CC#C[CH]C1CCO1. The molecule has 1 heteroatoms. The third-order valence-electron chi connectivity index (χ3n) is 1.15. The van der Waals surface area contributed by atoms with Crippen molar-refractivity contribution in [2.45, 2.75) is 19.4 Å². The molecule has 1 rings (SSSR count). The lowest BCUT2D eigenvalue weighted by Crippen LogP contribution is -2.26. The largest absolute Gasteiger partial charge is 0.377 e. The number of hydrogen-bond donors (Lipinski definition) is 0. The molecule has 0 N–H and O–H groups in total. The summed E-state index contributed by atoms with van der Waals surface area (Å²) >= 11 is 0. The van der Waals surface area contributed by atoms with Crippen LogP contribution in [0.3, 0.4) is 0 Å². The molecule has 0 amide bonds. The Hall–Kier alpha value is -0.480. The van der Waals surface area contributed by atoms with Gasteiger partial charge in [0.25, 0.3) is 0 Å². The summed E-state index contributed by atoms with van der Waals surface area (Å²) in [4.78, 5) is 0. The summed E-state index contributed by atoms with van der Waals surface area (Å²) in [6.45, 7) is 2.74. The Morgan fingerprint density at radius 1 is 1.75 bits per heavy atom. The fourth-order valence-electron chi connectivity index (χ4n) is 0.562. The van der Waals surface area contributed by atoms with Gasteiger partial charge in [0.05, 0.1) is 12.5 Å². The van der Waals surface area contributed by atoms with Gasteiger partial charge in [0, 0.05) is 6.61 Å². The van der Waals surface area contributed by atoms with Crippen molar-refractivity contribution in [1.82, 2.24) is 0 Å². The van der Waals surface area contributed by atoms with Crippen LogP contribution in [0.1, 0.15) is 13.3 Å². The minimum atomic E-state index is 0.336. The first-order valence-corrected chi connectivity index (χ1v) is 2.80.